The van der Waals surface area contributed by atoms with Gasteiger partial charge < -0.3 is 15.2 Å². The molecule has 1 heterocycles. The van der Waals surface area contributed by atoms with Crippen LogP contribution in [0.4, 0.5) is 0 Å². The average molecular weight is 367 g/mol. The predicted molar refractivity (Wildman–Crippen MR) is 105 cm³/mol. The Morgan fingerprint density at radius 3 is 2.70 bits per heavy atom. The molecule has 0 radical (unpaired) electrons. The van der Waals surface area contributed by atoms with Crippen LogP contribution in [-0.4, -0.2) is 40.0 Å². The molecule has 1 atom stereocenters. The van der Waals surface area contributed by atoms with Crippen LogP contribution in [-0.2, 0) is 5.54 Å². The third kappa shape index (κ3) is 4.65. The molecule has 0 fully saturated rings. The fraction of sp³-hybridized carbons (Fsp3) is 0.333. The lowest BCUT2D eigenvalue weighted by Crippen LogP contribution is -2.35. The minimum absolute atomic E-state index is 0.0928. The van der Waals surface area contributed by atoms with E-state index in [0.717, 1.165) is 10.8 Å². The minimum atomic E-state index is -0.814. The van der Waals surface area contributed by atoms with E-state index in [4.69, 9.17) is 4.74 Å². The van der Waals surface area contributed by atoms with E-state index in [-0.39, 0.29) is 24.6 Å². The van der Waals surface area contributed by atoms with E-state index in [0.29, 0.717) is 11.3 Å². The molecule has 0 saturated carbocycles. The van der Waals surface area contributed by atoms with E-state index in [2.05, 4.69) is 10.4 Å². The summed E-state index contributed by atoms with van der Waals surface area (Å²) >= 11 is 0. The van der Waals surface area contributed by atoms with Gasteiger partial charge in [-0.25, -0.2) is 0 Å². The van der Waals surface area contributed by atoms with E-state index < -0.39 is 6.10 Å². The van der Waals surface area contributed by atoms with Crippen molar-refractivity contribution in [2.75, 3.05) is 13.2 Å². The summed E-state index contributed by atoms with van der Waals surface area (Å²) in [5.74, 6) is 0.444. The van der Waals surface area contributed by atoms with Crippen LogP contribution in [0.5, 0.6) is 5.75 Å². The Hall–Kier alpha value is -2.86. The Labute approximate surface area is 158 Å². The smallest absolute Gasteiger partial charge is 0.254 e. The van der Waals surface area contributed by atoms with Crippen molar-refractivity contribution >= 4 is 16.7 Å². The zero-order chi connectivity index (χ0) is 19.4. The number of amides is 1. The summed E-state index contributed by atoms with van der Waals surface area (Å²) in [6.07, 6.45) is 2.42. The SMILES string of the molecule is CC(C)(C)n1cc(C(=O)NC[C@H](O)COc2cccc3ccccc23)cn1. The zero-order valence-corrected chi connectivity index (χ0v) is 15.8. The van der Waals surface area contributed by atoms with Crippen LogP contribution in [0.3, 0.4) is 0 Å². The average Bonchev–Trinajstić information content (AvgIpc) is 3.15. The number of nitrogens with one attached hydrogen (secondary N) is 1. The highest BCUT2D eigenvalue weighted by Crippen LogP contribution is 2.25. The molecule has 142 valence electrons. The van der Waals surface area contributed by atoms with Crippen LogP contribution in [0.1, 0.15) is 31.1 Å². The lowest BCUT2D eigenvalue weighted by molar-refractivity contribution is 0.0845. The van der Waals surface area contributed by atoms with Gasteiger partial charge in [0.1, 0.15) is 18.5 Å². The number of aliphatic hydroxyl groups excluding tert-OH is 1. The van der Waals surface area contributed by atoms with Crippen molar-refractivity contribution < 1.29 is 14.6 Å². The normalized spacial score (nSPS) is 12.7. The number of ether oxygens (including phenoxy) is 1. The van der Waals surface area contributed by atoms with Crippen LogP contribution in [0, 0.1) is 0 Å². The lowest BCUT2D eigenvalue weighted by Gasteiger charge is -2.18. The van der Waals surface area contributed by atoms with Gasteiger partial charge in [0.15, 0.2) is 0 Å². The van der Waals surface area contributed by atoms with Gasteiger partial charge in [-0.3, -0.25) is 9.48 Å². The first-order chi connectivity index (χ1) is 12.8. The standard InChI is InChI=1S/C21H25N3O3/c1-21(2,3)24-13-16(11-23-24)20(26)22-12-17(25)14-27-19-10-6-8-15-7-4-5-9-18(15)19/h4-11,13,17,25H,12,14H2,1-3H3,(H,22,26)/t17-/m0/s1. The molecule has 0 saturated heterocycles. The number of rotatable bonds is 6. The first kappa shape index (κ1) is 18.9. The summed E-state index contributed by atoms with van der Waals surface area (Å²) in [6.45, 7) is 6.22. The number of hydrogen-bond acceptors (Lipinski definition) is 4. The number of carbonyl (C=O) groups excluding carboxylic acids is 1. The zero-order valence-electron chi connectivity index (χ0n) is 15.8. The minimum Gasteiger partial charge on any atom is -0.490 e. The molecule has 3 aromatic rings. The Balaban J connectivity index is 1.53. The number of aliphatic hydroxyl groups is 1. The molecule has 1 aromatic heterocycles. The molecule has 0 aliphatic rings. The number of carbonyl (C=O) groups is 1. The maximum absolute atomic E-state index is 12.2. The molecule has 0 aliphatic carbocycles. The van der Waals surface area contributed by atoms with E-state index in [1.165, 1.54) is 6.20 Å². The van der Waals surface area contributed by atoms with E-state index in [9.17, 15) is 9.90 Å². The molecule has 2 N–H and O–H groups in total. The van der Waals surface area contributed by atoms with Gasteiger partial charge in [-0.15, -0.1) is 0 Å². The number of nitrogens with zero attached hydrogens (tertiary/aromatic N) is 2. The summed E-state index contributed by atoms with van der Waals surface area (Å²) in [7, 11) is 0. The molecule has 6 heteroatoms. The van der Waals surface area contributed by atoms with Gasteiger partial charge in [0.05, 0.1) is 17.3 Å². The van der Waals surface area contributed by atoms with Gasteiger partial charge in [0, 0.05) is 18.1 Å². The second-order valence-corrected chi connectivity index (χ2v) is 7.50. The Morgan fingerprint density at radius 2 is 1.96 bits per heavy atom. The summed E-state index contributed by atoms with van der Waals surface area (Å²) in [5, 5.41) is 19.1. The highest BCUT2D eigenvalue weighted by Gasteiger charge is 2.17. The quantitative estimate of drug-likeness (QED) is 0.702. The molecule has 0 unspecified atom stereocenters. The van der Waals surface area contributed by atoms with Gasteiger partial charge in [0.2, 0.25) is 0 Å². The number of hydrogen-bond donors (Lipinski definition) is 2. The van der Waals surface area contributed by atoms with Crippen LogP contribution in [0.15, 0.2) is 54.9 Å². The molecule has 6 nitrogen and oxygen atoms in total. The Morgan fingerprint density at radius 1 is 1.22 bits per heavy atom. The maximum atomic E-state index is 12.2. The monoisotopic (exact) mass is 367 g/mol. The third-order valence-electron chi connectivity index (χ3n) is 4.21. The molecule has 0 aliphatic heterocycles. The molecule has 0 bridgehead atoms. The van der Waals surface area contributed by atoms with E-state index in [1.54, 1.807) is 10.9 Å². The second kappa shape index (κ2) is 7.80. The Kier molecular flexibility index (Phi) is 5.46. The topological polar surface area (TPSA) is 76.4 Å². The van der Waals surface area contributed by atoms with Gasteiger partial charge in [-0.05, 0) is 32.2 Å². The van der Waals surface area contributed by atoms with E-state index in [1.807, 2.05) is 63.2 Å². The van der Waals surface area contributed by atoms with Gasteiger partial charge in [0.25, 0.3) is 5.91 Å². The predicted octanol–water partition coefficient (Wildman–Crippen LogP) is 2.96. The second-order valence-electron chi connectivity index (χ2n) is 7.50. The first-order valence-electron chi connectivity index (χ1n) is 8.96. The largest absolute Gasteiger partial charge is 0.490 e. The Bertz CT molecular complexity index is 922. The highest BCUT2D eigenvalue weighted by atomic mass is 16.5. The molecule has 3 rings (SSSR count). The van der Waals surface area contributed by atoms with Crippen molar-refractivity contribution in [1.82, 2.24) is 15.1 Å². The summed E-state index contributed by atoms with van der Waals surface area (Å²) in [5.41, 5.74) is 0.275. The molecule has 2 aromatic carbocycles. The fourth-order valence-electron chi connectivity index (χ4n) is 2.69. The third-order valence-corrected chi connectivity index (χ3v) is 4.21. The number of benzene rings is 2. The molecule has 0 spiro atoms. The summed E-state index contributed by atoms with van der Waals surface area (Å²) in [4.78, 5) is 12.2. The highest BCUT2D eigenvalue weighted by molar-refractivity contribution is 5.93. The maximum Gasteiger partial charge on any atom is 0.254 e. The molecule has 27 heavy (non-hydrogen) atoms. The van der Waals surface area contributed by atoms with Crippen molar-refractivity contribution in [2.45, 2.75) is 32.4 Å². The van der Waals surface area contributed by atoms with Crippen LogP contribution in [0.2, 0.25) is 0 Å². The number of fused-ring (bicyclic) bond motifs is 1. The summed E-state index contributed by atoms with van der Waals surface area (Å²) < 4.78 is 7.49. The molecular weight excluding hydrogens is 342 g/mol. The number of aromatic nitrogens is 2. The van der Waals surface area contributed by atoms with Gasteiger partial charge in [-0.1, -0.05) is 36.4 Å². The van der Waals surface area contributed by atoms with Crippen LogP contribution < -0.4 is 10.1 Å². The van der Waals surface area contributed by atoms with Gasteiger partial charge >= 0.3 is 0 Å². The van der Waals surface area contributed by atoms with Crippen molar-refractivity contribution in [1.29, 1.82) is 0 Å². The van der Waals surface area contributed by atoms with Gasteiger partial charge in [-0.2, -0.15) is 5.10 Å². The van der Waals surface area contributed by atoms with Crippen LogP contribution in [0.25, 0.3) is 10.8 Å². The van der Waals surface area contributed by atoms with Crippen LogP contribution >= 0.6 is 0 Å². The van der Waals surface area contributed by atoms with Crippen molar-refractivity contribution in [2.24, 2.45) is 0 Å². The van der Waals surface area contributed by atoms with E-state index >= 15 is 0 Å². The molecular formula is C21H25N3O3. The van der Waals surface area contributed by atoms with Crippen molar-refractivity contribution in [3.63, 3.8) is 0 Å². The molecule has 1 amide bonds. The lowest BCUT2D eigenvalue weighted by atomic mass is 10.1. The van der Waals surface area contributed by atoms with Crippen molar-refractivity contribution in [3.05, 3.63) is 60.4 Å². The summed E-state index contributed by atoms with van der Waals surface area (Å²) in [6, 6.07) is 13.7. The van der Waals surface area contributed by atoms with Crippen molar-refractivity contribution in [3.8, 4) is 5.75 Å². The first-order valence-corrected chi connectivity index (χ1v) is 8.96. The fourth-order valence-corrected chi connectivity index (χ4v) is 2.69.